The number of aliphatic hydroxyl groups is 1. The van der Waals surface area contributed by atoms with Gasteiger partial charge in [0.2, 0.25) is 0 Å². The SMILES string of the molecule is CC(O)c1ccccc1COc1ccccc1. The average molecular weight is 228 g/mol. The lowest BCUT2D eigenvalue weighted by Crippen LogP contribution is -2.02. The zero-order chi connectivity index (χ0) is 12.1. The Morgan fingerprint density at radius 3 is 2.35 bits per heavy atom. The number of aliphatic hydroxyl groups excluding tert-OH is 1. The van der Waals surface area contributed by atoms with Crippen LogP contribution < -0.4 is 4.74 Å². The number of benzene rings is 2. The quantitative estimate of drug-likeness (QED) is 0.869. The van der Waals surface area contributed by atoms with Crippen LogP contribution in [0.5, 0.6) is 5.75 Å². The monoisotopic (exact) mass is 228 g/mol. The fourth-order valence-electron chi connectivity index (χ4n) is 1.75. The zero-order valence-corrected chi connectivity index (χ0v) is 9.84. The predicted octanol–water partition coefficient (Wildman–Crippen LogP) is 3.32. The van der Waals surface area contributed by atoms with E-state index in [0.717, 1.165) is 16.9 Å². The van der Waals surface area contributed by atoms with Gasteiger partial charge in [0.15, 0.2) is 0 Å². The molecule has 2 aromatic rings. The van der Waals surface area contributed by atoms with Crippen molar-refractivity contribution in [2.45, 2.75) is 19.6 Å². The number of hydrogen-bond donors (Lipinski definition) is 1. The van der Waals surface area contributed by atoms with E-state index in [2.05, 4.69) is 0 Å². The molecule has 1 N–H and O–H groups in total. The summed E-state index contributed by atoms with van der Waals surface area (Å²) in [5, 5.41) is 9.65. The lowest BCUT2D eigenvalue weighted by atomic mass is 10.0. The fraction of sp³-hybridized carbons (Fsp3) is 0.200. The second-order valence-corrected chi connectivity index (χ2v) is 3.98. The Bertz CT molecular complexity index is 463. The van der Waals surface area contributed by atoms with E-state index in [9.17, 15) is 5.11 Å². The second kappa shape index (κ2) is 5.51. The first-order valence-corrected chi connectivity index (χ1v) is 5.71. The number of rotatable bonds is 4. The summed E-state index contributed by atoms with van der Waals surface area (Å²) in [4.78, 5) is 0. The van der Waals surface area contributed by atoms with Crippen molar-refractivity contribution in [2.75, 3.05) is 0 Å². The van der Waals surface area contributed by atoms with Gasteiger partial charge in [0.1, 0.15) is 12.4 Å². The molecule has 88 valence electrons. The van der Waals surface area contributed by atoms with E-state index in [1.54, 1.807) is 6.92 Å². The van der Waals surface area contributed by atoms with Crippen molar-refractivity contribution in [3.63, 3.8) is 0 Å². The molecule has 2 rings (SSSR count). The summed E-state index contributed by atoms with van der Waals surface area (Å²) in [7, 11) is 0. The molecule has 0 saturated heterocycles. The molecule has 0 spiro atoms. The molecule has 0 heterocycles. The van der Waals surface area contributed by atoms with E-state index >= 15 is 0 Å². The molecule has 2 aromatic carbocycles. The predicted molar refractivity (Wildman–Crippen MR) is 67.8 cm³/mol. The third-order valence-corrected chi connectivity index (χ3v) is 2.64. The zero-order valence-electron chi connectivity index (χ0n) is 9.84. The van der Waals surface area contributed by atoms with Crippen LogP contribution in [0.2, 0.25) is 0 Å². The smallest absolute Gasteiger partial charge is 0.119 e. The molecule has 17 heavy (non-hydrogen) atoms. The Kier molecular flexibility index (Phi) is 3.78. The summed E-state index contributed by atoms with van der Waals surface area (Å²) in [5.41, 5.74) is 1.94. The Morgan fingerprint density at radius 2 is 1.65 bits per heavy atom. The van der Waals surface area contributed by atoms with Gasteiger partial charge < -0.3 is 9.84 Å². The third kappa shape index (κ3) is 3.08. The minimum atomic E-state index is -0.467. The van der Waals surface area contributed by atoms with Crippen molar-refractivity contribution in [3.05, 3.63) is 65.7 Å². The lowest BCUT2D eigenvalue weighted by molar-refractivity contribution is 0.195. The van der Waals surface area contributed by atoms with Crippen LogP contribution >= 0.6 is 0 Å². The maximum Gasteiger partial charge on any atom is 0.119 e. The molecule has 0 radical (unpaired) electrons. The molecule has 0 amide bonds. The number of ether oxygens (including phenoxy) is 1. The van der Waals surface area contributed by atoms with Gasteiger partial charge in [-0.05, 0) is 30.2 Å². The normalized spacial score (nSPS) is 12.1. The van der Waals surface area contributed by atoms with Crippen molar-refractivity contribution in [1.29, 1.82) is 0 Å². The second-order valence-electron chi connectivity index (χ2n) is 3.98. The summed E-state index contributed by atoms with van der Waals surface area (Å²) in [5.74, 6) is 0.841. The number of para-hydroxylation sites is 1. The van der Waals surface area contributed by atoms with Crippen LogP contribution in [0.25, 0.3) is 0 Å². The highest BCUT2D eigenvalue weighted by Gasteiger charge is 2.07. The van der Waals surface area contributed by atoms with Crippen LogP contribution in [0.4, 0.5) is 0 Å². The standard InChI is InChI=1S/C15H16O2/c1-12(16)15-10-6-5-7-13(15)11-17-14-8-3-2-4-9-14/h2-10,12,16H,11H2,1H3. The molecule has 2 nitrogen and oxygen atoms in total. The van der Waals surface area contributed by atoms with Gasteiger partial charge in [-0.1, -0.05) is 42.5 Å². The van der Waals surface area contributed by atoms with Crippen LogP contribution in [-0.2, 0) is 6.61 Å². The largest absolute Gasteiger partial charge is 0.489 e. The molecule has 2 heteroatoms. The molecule has 0 aliphatic rings. The van der Waals surface area contributed by atoms with Gasteiger partial charge in [-0.3, -0.25) is 0 Å². The fourth-order valence-corrected chi connectivity index (χ4v) is 1.75. The molecular formula is C15H16O2. The first kappa shape index (κ1) is 11.7. The Balaban J connectivity index is 2.09. The molecule has 1 unspecified atom stereocenters. The van der Waals surface area contributed by atoms with Crippen LogP contribution in [0.3, 0.4) is 0 Å². The van der Waals surface area contributed by atoms with E-state index < -0.39 is 6.10 Å². The summed E-state index contributed by atoms with van der Waals surface area (Å²) < 4.78 is 5.67. The van der Waals surface area contributed by atoms with Gasteiger partial charge in [0.05, 0.1) is 6.10 Å². The summed E-state index contributed by atoms with van der Waals surface area (Å²) >= 11 is 0. The van der Waals surface area contributed by atoms with Gasteiger partial charge in [0.25, 0.3) is 0 Å². The van der Waals surface area contributed by atoms with Crippen LogP contribution in [0.15, 0.2) is 54.6 Å². The molecular weight excluding hydrogens is 212 g/mol. The van der Waals surface area contributed by atoms with Gasteiger partial charge in [-0.25, -0.2) is 0 Å². The average Bonchev–Trinajstić information content (AvgIpc) is 2.38. The molecule has 0 aromatic heterocycles. The van der Waals surface area contributed by atoms with Crippen LogP contribution in [-0.4, -0.2) is 5.11 Å². The van der Waals surface area contributed by atoms with Crippen molar-refractivity contribution >= 4 is 0 Å². The van der Waals surface area contributed by atoms with E-state index in [1.807, 2.05) is 54.6 Å². The Hall–Kier alpha value is -1.80. The summed E-state index contributed by atoms with van der Waals surface area (Å²) in [6, 6.07) is 17.5. The first-order chi connectivity index (χ1) is 8.27. The molecule has 0 fully saturated rings. The van der Waals surface area contributed by atoms with Crippen molar-refractivity contribution in [1.82, 2.24) is 0 Å². The van der Waals surface area contributed by atoms with Crippen LogP contribution in [0.1, 0.15) is 24.2 Å². The highest BCUT2D eigenvalue weighted by atomic mass is 16.5. The Morgan fingerprint density at radius 1 is 1.00 bits per heavy atom. The first-order valence-electron chi connectivity index (χ1n) is 5.71. The van der Waals surface area contributed by atoms with Crippen molar-refractivity contribution in [3.8, 4) is 5.75 Å². The van der Waals surface area contributed by atoms with Gasteiger partial charge in [-0.2, -0.15) is 0 Å². The van der Waals surface area contributed by atoms with Gasteiger partial charge in [-0.15, -0.1) is 0 Å². The maximum atomic E-state index is 9.65. The minimum absolute atomic E-state index is 0.467. The molecule has 0 saturated carbocycles. The molecule has 0 bridgehead atoms. The molecule has 0 aliphatic heterocycles. The Labute approximate surface area is 101 Å². The van der Waals surface area contributed by atoms with Crippen molar-refractivity contribution < 1.29 is 9.84 Å². The maximum absolute atomic E-state index is 9.65. The highest BCUT2D eigenvalue weighted by Crippen LogP contribution is 2.19. The summed E-state index contributed by atoms with van der Waals surface area (Å²) in [6.45, 7) is 2.24. The lowest BCUT2D eigenvalue weighted by Gasteiger charge is -2.12. The molecule has 1 atom stereocenters. The van der Waals surface area contributed by atoms with E-state index in [-0.39, 0.29) is 0 Å². The highest BCUT2D eigenvalue weighted by molar-refractivity contribution is 5.29. The van der Waals surface area contributed by atoms with Gasteiger partial charge in [0, 0.05) is 0 Å². The van der Waals surface area contributed by atoms with E-state index in [0.29, 0.717) is 6.61 Å². The van der Waals surface area contributed by atoms with E-state index in [1.165, 1.54) is 0 Å². The van der Waals surface area contributed by atoms with Crippen molar-refractivity contribution in [2.24, 2.45) is 0 Å². The van der Waals surface area contributed by atoms with E-state index in [4.69, 9.17) is 4.74 Å². The van der Waals surface area contributed by atoms with Gasteiger partial charge >= 0.3 is 0 Å². The van der Waals surface area contributed by atoms with Crippen LogP contribution in [0, 0.1) is 0 Å². The molecule has 0 aliphatic carbocycles. The topological polar surface area (TPSA) is 29.5 Å². The minimum Gasteiger partial charge on any atom is -0.489 e. The third-order valence-electron chi connectivity index (χ3n) is 2.64. The summed E-state index contributed by atoms with van der Waals surface area (Å²) in [6.07, 6.45) is -0.467. The number of hydrogen-bond acceptors (Lipinski definition) is 2.